The zero-order valence-electron chi connectivity index (χ0n) is 26.8. The van der Waals surface area contributed by atoms with Crippen LogP contribution in [0.1, 0.15) is 53.9 Å². The molecule has 1 amide bonds. The molecule has 1 atom stereocenters. The van der Waals surface area contributed by atoms with E-state index in [0.717, 1.165) is 5.56 Å². The number of thiocarbonyl (C=S) groups is 1. The van der Waals surface area contributed by atoms with E-state index in [4.69, 9.17) is 47.5 Å². The molecule has 3 N–H and O–H groups in total. The lowest BCUT2D eigenvalue weighted by molar-refractivity contribution is -0.139. The van der Waals surface area contributed by atoms with Crippen LogP contribution in [0.5, 0.6) is 17.2 Å². The number of hydrogen-bond acceptors (Lipinski definition) is 10. The first kappa shape index (κ1) is 35.7. The van der Waals surface area contributed by atoms with Crippen LogP contribution in [0.3, 0.4) is 0 Å². The minimum atomic E-state index is -0.654. The lowest BCUT2D eigenvalue weighted by Gasteiger charge is -2.30. The number of rotatable bonds is 14. The number of nitrogens with one attached hydrogen (secondary N) is 3. The molecule has 1 aliphatic rings. The van der Waals surface area contributed by atoms with Crippen LogP contribution in [0, 0.1) is 0 Å². The minimum absolute atomic E-state index is 0.173. The molecule has 48 heavy (non-hydrogen) atoms. The zero-order chi connectivity index (χ0) is 34.6. The molecule has 12 nitrogen and oxygen atoms in total. The molecule has 3 aromatic carbocycles. The summed E-state index contributed by atoms with van der Waals surface area (Å²) in [4.78, 5) is 37.3. The van der Waals surface area contributed by atoms with E-state index in [9.17, 15) is 14.4 Å². The van der Waals surface area contributed by atoms with Gasteiger partial charge in [0.1, 0.15) is 12.4 Å². The Morgan fingerprint density at radius 2 is 1.69 bits per heavy atom. The molecule has 0 fully saturated rings. The highest BCUT2D eigenvalue weighted by Gasteiger charge is 2.32. The molecule has 0 bridgehead atoms. The summed E-state index contributed by atoms with van der Waals surface area (Å²) in [6.07, 6.45) is 1.40. The Hall–Kier alpha value is -5.14. The highest BCUT2D eigenvalue weighted by Crippen LogP contribution is 2.37. The first-order valence-electron chi connectivity index (χ1n) is 14.9. The van der Waals surface area contributed by atoms with Crippen LogP contribution in [0.25, 0.3) is 0 Å². The maximum Gasteiger partial charge on any atom is 0.338 e. The average molecular weight is 695 g/mol. The molecule has 3 aromatic rings. The van der Waals surface area contributed by atoms with Gasteiger partial charge in [-0.25, -0.2) is 15.0 Å². The lowest BCUT2D eigenvalue weighted by atomic mass is 9.95. The first-order valence-corrected chi connectivity index (χ1v) is 15.7. The van der Waals surface area contributed by atoms with E-state index in [1.54, 1.807) is 81.4 Å². The quantitative estimate of drug-likeness (QED) is 0.0908. The fourth-order valence-corrected chi connectivity index (χ4v) is 5.22. The molecule has 0 saturated carbocycles. The van der Waals surface area contributed by atoms with Crippen molar-refractivity contribution >= 4 is 53.0 Å². The number of benzene rings is 3. The topological polar surface area (TPSA) is 146 Å². The number of para-hydroxylation sites is 1. The van der Waals surface area contributed by atoms with Crippen molar-refractivity contribution in [3.8, 4) is 17.2 Å². The van der Waals surface area contributed by atoms with E-state index in [2.05, 4.69) is 21.2 Å². The molecule has 4 rings (SSSR count). The number of amides is 1. The van der Waals surface area contributed by atoms with Crippen LogP contribution >= 0.6 is 23.8 Å². The molecule has 0 spiro atoms. The maximum atomic E-state index is 12.8. The van der Waals surface area contributed by atoms with E-state index in [1.165, 1.54) is 13.3 Å². The van der Waals surface area contributed by atoms with Crippen molar-refractivity contribution in [3.05, 3.63) is 99.2 Å². The van der Waals surface area contributed by atoms with Gasteiger partial charge in [-0.2, -0.15) is 5.10 Å². The van der Waals surface area contributed by atoms with Gasteiger partial charge in [0, 0.05) is 11.3 Å². The smallest absolute Gasteiger partial charge is 0.338 e. The van der Waals surface area contributed by atoms with Crippen molar-refractivity contribution < 1.29 is 38.1 Å². The predicted molar refractivity (Wildman–Crippen MR) is 183 cm³/mol. The van der Waals surface area contributed by atoms with Crippen molar-refractivity contribution in [2.45, 2.75) is 33.4 Å². The Kier molecular flexibility index (Phi) is 12.7. The number of carbonyl (C=O) groups excluding carboxylic acids is 3. The van der Waals surface area contributed by atoms with Crippen LogP contribution in [-0.4, -0.2) is 56.1 Å². The van der Waals surface area contributed by atoms with E-state index < -0.39 is 23.9 Å². The maximum absolute atomic E-state index is 12.8. The highest BCUT2D eigenvalue weighted by atomic mass is 35.5. The van der Waals surface area contributed by atoms with Gasteiger partial charge in [-0.1, -0.05) is 41.9 Å². The van der Waals surface area contributed by atoms with Gasteiger partial charge in [-0.3, -0.25) is 4.79 Å². The standard InChI is InChI=1S/C34H35ClN4O8S/c1-5-44-32(41)23-13-11-21(12-14-23)18-47-31-25(35)15-22(16-27(31)43-4)17-36-39-28(40)19-46-26-10-8-7-9-24(26)30-29(33(42)45-6-2)20(3)37-34(48)38-30/h7-17,30H,5-6,18-19H2,1-4H3,(H,39,40)(H2,37,38,48)/t30-/m0/s1. The molecule has 0 radical (unpaired) electrons. The van der Waals surface area contributed by atoms with Gasteiger partial charge in [0.05, 0.1) is 48.7 Å². The summed E-state index contributed by atoms with van der Waals surface area (Å²) in [6.45, 7) is 5.52. The highest BCUT2D eigenvalue weighted by molar-refractivity contribution is 7.80. The number of ether oxygens (including phenoxy) is 5. The second-order valence-electron chi connectivity index (χ2n) is 10.2. The first-order chi connectivity index (χ1) is 23.1. The summed E-state index contributed by atoms with van der Waals surface area (Å²) >= 11 is 11.8. The predicted octanol–water partition coefficient (Wildman–Crippen LogP) is 4.99. The van der Waals surface area contributed by atoms with Crippen LogP contribution in [0.4, 0.5) is 0 Å². The molecule has 252 valence electrons. The van der Waals surface area contributed by atoms with Crippen molar-refractivity contribution in [3.63, 3.8) is 0 Å². The number of esters is 2. The molecule has 0 saturated heterocycles. The molecule has 0 unspecified atom stereocenters. The van der Waals surface area contributed by atoms with Gasteiger partial charge in [-0.05, 0) is 74.4 Å². The second-order valence-corrected chi connectivity index (χ2v) is 11.0. The van der Waals surface area contributed by atoms with Crippen LogP contribution in [0.15, 0.2) is 77.0 Å². The van der Waals surface area contributed by atoms with Gasteiger partial charge in [0.15, 0.2) is 23.2 Å². The molecule has 1 aliphatic heterocycles. The average Bonchev–Trinajstić information content (AvgIpc) is 3.06. The van der Waals surface area contributed by atoms with E-state index in [-0.39, 0.29) is 24.8 Å². The van der Waals surface area contributed by atoms with Crippen molar-refractivity contribution in [1.29, 1.82) is 0 Å². The van der Waals surface area contributed by atoms with Gasteiger partial charge >= 0.3 is 11.9 Å². The van der Waals surface area contributed by atoms with Crippen LogP contribution < -0.4 is 30.3 Å². The van der Waals surface area contributed by atoms with E-state index in [1.807, 2.05) is 0 Å². The van der Waals surface area contributed by atoms with Crippen LogP contribution in [-0.2, 0) is 25.7 Å². The number of hydrogen-bond donors (Lipinski definition) is 3. The van der Waals surface area contributed by atoms with E-state index >= 15 is 0 Å². The summed E-state index contributed by atoms with van der Waals surface area (Å²) in [5, 5.41) is 10.7. The third-order valence-electron chi connectivity index (χ3n) is 6.86. The van der Waals surface area contributed by atoms with Gasteiger partial charge < -0.3 is 34.3 Å². The summed E-state index contributed by atoms with van der Waals surface area (Å²) in [5.74, 6) is -0.370. The fraction of sp³-hybridized carbons (Fsp3) is 0.265. The zero-order valence-corrected chi connectivity index (χ0v) is 28.3. The van der Waals surface area contributed by atoms with Crippen molar-refractivity contribution in [2.75, 3.05) is 26.9 Å². The summed E-state index contributed by atoms with van der Waals surface area (Å²) in [5.41, 5.74) is 5.72. The van der Waals surface area contributed by atoms with Gasteiger partial charge in [0.25, 0.3) is 5.91 Å². The summed E-state index contributed by atoms with van der Waals surface area (Å²) < 4.78 is 27.5. The summed E-state index contributed by atoms with van der Waals surface area (Å²) in [6, 6.07) is 16.5. The Labute approximate surface area is 288 Å². The molecular weight excluding hydrogens is 660 g/mol. The van der Waals surface area contributed by atoms with Gasteiger partial charge in [-0.15, -0.1) is 0 Å². The Morgan fingerprint density at radius 1 is 0.979 bits per heavy atom. The molecule has 0 aliphatic carbocycles. The molecular formula is C34H35ClN4O8S. The minimum Gasteiger partial charge on any atom is -0.493 e. The number of carbonyl (C=O) groups is 3. The number of hydrazone groups is 1. The van der Waals surface area contributed by atoms with Crippen molar-refractivity contribution in [1.82, 2.24) is 16.1 Å². The molecule has 14 heteroatoms. The number of methoxy groups -OCH3 is 1. The normalized spacial score (nSPS) is 14.1. The Morgan fingerprint density at radius 3 is 2.40 bits per heavy atom. The largest absolute Gasteiger partial charge is 0.493 e. The third-order valence-corrected chi connectivity index (χ3v) is 7.36. The van der Waals surface area contributed by atoms with Crippen LogP contribution in [0.2, 0.25) is 5.02 Å². The second kappa shape index (κ2) is 17.1. The molecule has 1 heterocycles. The Bertz CT molecular complexity index is 1730. The SMILES string of the molecule is CCOC(=O)C1=C(C)NC(=S)N[C@H]1c1ccccc1OCC(=O)NN=Cc1cc(Cl)c(OCc2ccc(C(=O)OCC)cc2)c(OC)c1. The van der Waals surface area contributed by atoms with Crippen molar-refractivity contribution in [2.24, 2.45) is 5.10 Å². The number of allylic oxidation sites excluding steroid dienone is 1. The van der Waals surface area contributed by atoms with E-state index in [0.29, 0.717) is 56.9 Å². The third kappa shape index (κ3) is 9.23. The summed E-state index contributed by atoms with van der Waals surface area (Å²) in [7, 11) is 1.48. The molecule has 0 aromatic heterocycles. The number of nitrogens with zero attached hydrogens (tertiary/aromatic N) is 1. The number of halogens is 1. The fourth-order valence-electron chi connectivity index (χ4n) is 4.67. The monoisotopic (exact) mass is 694 g/mol. The lowest BCUT2D eigenvalue weighted by Crippen LogP contribution is -2.45. The Balaban J connectivity index is 1.37. The van der Waals surface area contributed by atoms with Gasteiger partial charge in [0.2, 0.25) is 0 Å².